The van der Waals surface area contributed by atoms with Gasteiger partial charge in [0.2, 0.25) is 0 Å². The molecule has 3 nitrogen and oxygen atoms in total. The van der Waals surface area contributed by atoms with E-state index in [2.05, 4.69) is 0 Å². The second kappa shape index (κ2) is 4.37. The summed E-state index contributed by atoms with van der Waals surface area (Å²) in [5, 5.41) is 8.31. The lowest BCUT2D eigenvalue weighted by Gasteiger charge is -1.95. The minimum Gasteiger partial charge on any atom is -0.478 e. The fourth-order valence-corrected chi connectivity index (χ4v) is 0.961. The average molecular weight is 190 g/mol. The quantitative estimate of drug-likeness (QED) is 0.584. The van der Waals surface area contributed by atoms with Gasteiger partial charge in [-0.1, -0.05) is 29.8 Å². The third kappa shape index (κ3) is 2.86. The average Bonchev–Trinajstić information content (AvgIpc) is 2.15. The molecular formula is C11H10O3. The number of hydrogen-bond donors (Lipinski definition) is 1. The maximum atomic E-state index is 11.3. The molecule has 1 N–H and O–H groups in total. The van der Waals surface area contributed by atoms with Crippen LogP contribution in [-0.4, -0.2) is 16.9 Å². The first kappa shape index (κ1) is 10.2. The van der Waals surface area contributed by atoms with Gasteiger partial charge in [0, 0.05) is 11.6 Å². The minimum atomic E-state index is -1.12. The van der Waals surface area contributed by atoms with Gasteiger partial charge in [-0.15, -0.1) is 0 Å². The van der Waals surface area contributed by atoms with E-state index >= 15 is 0 Å². The smallest absolute Gasteiger partial charge is 0.328 e. The van der Waals surface area contributed by atoms with Crippen LogP contribution in [0, 0.1) is 6.92 Å². The summed E-state index contributed by atoms with van der Waals surface area (Å²) in [5.41, 5.74) is 1.55. The second-order valence-corrected chi connectivity index (χ2v) is 2.90. The number of carbonyl (C=O) groups is 2. The highest BCUT2D eigenvalue weighted by Gasteiger charge is 2.00. The molecule has 0 aliphatic rings. The molecule has 14 heavy (non-hydrogen) atoms. The summed E-state index contributed by atoms with van der Waals surface area (Å²) in [6.07, 6.45) is 1.88. The van der Waals surface area contributed by atoms with Crippen LogP contribution in [0.3, 0.4) is 0 Å². The van der Waals surface area contributed by atoms with Gasteiger partial charge in [0.05, 0.1) is 0 Å². The van der Waals surface area contributed by atoms with E-state index < -0.39 is 5.97 Å². The van der Waals surface area contributed by atoms with Crippen LogP contribution >= 0.6 is 0 Å². The van der Waals surface area contributed by atoms with Crippen molar-refractivity contribution in [3.8, 4) is 0 Å². The van der Waals surface area contributed by atoms with Crippen LogP contribution in [0.1, 0.15) is 15.9 Å². The lowest BCUT2D eigenvalue weighted by Crippen LogP contribution is -1.96. The van der Waals surface area contributed by atoms with Crippen molar-refractivity contribution >= 4 is 11.8 Å². The number of carboxylic acid groups (broad SMARTS) is 1. The Morgan fingerprint density at radius 1 is 1.14 bits per heavy atom. The number of carboxylic acids is 1. The number of allylic oxidation sites excluding steroid dienone is 1. The summed E-state index contributed by atoms with van der Waals surface area (Å²) in [6.45, 7) is 1.92. The molecule has 1 rings (SSSR count). The zero-order valence-corrected chi connectivity index (χ0v) is 7.73. The Morgan fingerprint density at radius 3 is 2.21 bits per heavy atom. The Kier molecular flexibility index (Phi) is 3.18. The van der Waals surface area contributed by atoms with Crippen LogP contribution in [0.25, 0.3) is 0 Å². The van der Waals surface area contributed by atoms with Crippen LogP contribution in [0.5, 0.6) is 0 Å². The Balaban J connectivity index is 2.80. The van der Waals surface area contributed by atoms with E-state index in [0.717, 1.165) is 17.7 Å². The van der Waals surface area contributed by atoms with Crippen LogP contribution in [0.15, 0.2) is 36.4 Å². The van der Waals surface area contributed by atoms with Gasteiger partial charge in [-0.05, 0) is 13.0 Å². The number of rotatable bonds is 3. The Bertz CT molecular complexity index is 374. The number of hydrogen-bond acceptors (Lipinski definition) is 2. The van der Waals surface area contributed by atoms with Crippen LogP contribution in [-0.2, 0) is 4.79 Å². The predicted molar refractivity (Wildman–Crippen MR) is 52.3 cm³/mol. The number of aryl methyl sites for hydroxylation is 1. The van der Waals surface area contributed by atoms with Crippen molar-refractivity contribution in [2.45, 2.75) is 6.92 Å². The summed E-state index contributed by atoms with van der Waals surface area (Å²) in [7, 11) is 0. The Morgan fingerprint density at radius 2 is 1.71 bits per heavy atom. The monoisotopic (exact) mass is 190 g/mol. The molecular weight excluding hydrogens is 180 g/mol. The van der Waals surface area contributed by atoms with Crippen molar-refractivity contribution in [2.75, 3.05) is 0 Å². The number of benzene rings is 1. The normalized spacial score (nSPS) is 10.4. The first-order chi connectivity index (χ1) is 6.59. The van der Waals surface area contributed by atoms with Crippen LogP contribution in [0.4, 0.5) is 0 Å². The number of aliphatic carboxylic acids is 1. The summed E-state index contributed by atoms with van der Waals surface area (Å²) in [4.78, 5) is 21.5. The molecule has 0 aliphatic heterocycles. The molecule has 0 bridgehead atoms. The third-order valence-corrected chi connectivity index (χ3v) is 1.71. The van der Waals surface area contributed by atoms with Crippen molar-refractivity contribution in [2.24, 2.45) is 0 Å². The van der Waals surface area contributed by atoms with Crippen molar-refractivity contribution in [1.29, 1.82) is 0 Å². The molecule has 0 spiro atoms. The second-order valence-electron chi connectivity index (χ2n) is 2.90. The van der Waals surface area contributed by atoms with Gasteiger partial charge in [0.25, 0.3) is 0 Å². The van der Waals surface area contributed by atoms with Gasteiger partial charge in [-0.2, -0.15) is 0 Å². The lowest BCUT2D eigenvalue weighted by atomic mass is 10.1. The Hall–Kier alpha value is -1.90. The summed E-state index contributed by atoms with van der Waals surface area (Å²) in [6, 6.07) is 6.96. The molecule has 0 amide bonds. The van der Waals surface area contributed by atoms with E-state index in [1.165, 1.54) is 0 Å². The minimum absolute atomic E-state index is 0.299. The van der Waals surface area contributed by atoms with Gasteiger partial charge < -0.3 is 5.11 Å². The zero-order valence-electron chi connectivity index (χ0n) is 7.73. The van der Waals surface area contributed by atoms with Crippen LogP contribution < -0.4 is 0 Å². The topological polar surface area (TPSA) is 54.4 Å². The first-order valence-corrected chi connectivity index (χ1v) is 4.11. The van der Waals surface area contributed by atoms with E-state index in [4.69, 9.17) is 5.11 Å². The van der Waals surface area contributed by atoms with E-state index in [1.54, 1.807) is 12.1 Å². The molecule has 0 saturated carbocycles. The molecule has 0 saturated heterocycles. The van der Waals surface area contributed by atoms with Crippen molar-refractivity contribution < 1.29 is 14.7 Å². The number of ketones is 1. The highest BCUT2D eigenvalue weighted by molar-refractivity contribution is 6.06. The van der Waals surface area contributed by atoms with Gasteiger partial charge in [0.1, 0.15) is 0 Å². The highest BCUT2D eigenvalue weighted by atomic mass is 16.4. The predicted octanol–water partition coefficient (Wildman–Crippen LogP) is 1.82. The highest BCUT2D eigenvalue weighted by Crippen LogP contribution is 2.04. The maximum absolute atomic E-state index is 11.3. The third-order valence-electron chi connectivity index (χ3n) is 1.71. The van der Waals surface area contributed by atoms with Gasteiger partial charge in [-0.25, -0.2) is 4.79 Å². The largest absolute Gasteiger partial charge is 0.478 e. The van der Waals surface area contributed by atoms with E-state index in [-0.39, 0.29) is 5.78 Å². The summed E-state index contributed by atoms with van der Waals surface area (Å²) in [5.74, 6) is -1.42. The standard InChI is InChI=1S/C11H10O3/c1-8-2-4-9(5-3-8)10(12)6-7-11(13)14/h2-7H,1H3,(H,13,14)/b7-6+. The fourth-order valence-electron chi connectivity index (χ4n) is 0.961. The van der Waals surface area contributed by atoms with Crippen molar-refractivity contribution in [3.05, 3.63) is 47.5 Å². The lowest BCUT2D eigenvalue weighted by molar-refractivity contribution is -0.131. The van der Waals surface area contributed by atoms with Gasteiger partial charge >= 0.3 is 5.97 Å². The molecule has 0 unspecified atom stereocenters. The van der Waals surface area contributed by atoms with Gasteiger partial charge in [0.15, 0.2) is 5.78 Å². The van der Waals surface area contributed by atoms with Crippen molar-refractivity contribution in [1.82, 2.24) is 0 Å². The first-order valence-electron chi connectivity index (χ1n) is 4.11. The molecule has 0 aromatic heterocycles. The molecule has 0 heterocycles. The van der Waals surface area contributed by atoms with E-state index in [1.807, 2.05) is 19.1 Å². The molecule has 0 atom stereocenters. The molecule has 1 aromatic carbocycles. The van der Waals surface area contributed by atoms with Crippen molar-refractivity contribution in [3.63, 3.8) is 0 Å². The van der Waals surface area contributed by atoms with Crippen LogP contribution in [0.2, 0.25) is 0 Å². The summed E-state index contributed by atoms with van der Waals surface area (Å²) >= 11 is 0. The molecule has 3 heteroatoms. The molecule has 1 aromatic rings. The van der Waals surface area contributed by atoms with Gasteiger partial charge in [-0.3, -0.25) is 4.79 Å². The van der Waals surface area contributed by atoms with E-state index in [9.17, 15) is 9.59 Å². The fraction of sp³-hybridized carbons (Fsp3) is 0.0909. The summed E-state index contributed by atoms with van der Waals surface area (Å²) < 4.78 is 0. The molecule has 72 valence electrons. The van der Waals surface area contributed by atoms with E-state index in [0.29, 0.717) is 5.56 Å². The SMILES string of the molecule is Cc1ccc(C(=O)/C=C/C(=O)O)cc1. The number of carbonyl (C=O) groups excluding carboxylic acids is 1. The zero-order chi connectivity index (χ0) is 10.6. The molecule has 0 aliphatic carbocycles. The Labute approximate surface area is 81.7 Å². The molecule has 0 fully saturated rings. The maximum Gasteiger partial charge on any atom is 0.328 e. The molecule has 0 radical (unpaired) electrons.